The van der Waals surface area contributed by atoms with Crippen LogP contribution in [0.1, 0.15) is 59.3 Å². The number of fused-ring (bicyclic) bond motifs is 5. The Bertz CT molecular complexity index is 814. The first-order chi connectivity index (χ1) is 12.8. The van der Waals surface area contributed by atoms with Gasteiger partial charge in [0.15, 0.2) is 5.78 Å². The number of ether oxygens (including phenoxy) is 1. The van der Waals surface area contributed by atoms with E-state index >= 15 is 0 Å². The predicted octanol–water partition coefficient (Wildman–Crippen LogP) is 4.11. The molecule has 0 aliphatic heterocycles. The molecule has 4 nitrogen and oxygen atoms in total. The Hall–Kier alpha value is -1.97. The fraction of sp³-hybridized carbons (Fsp3) is 0.609. The molecule has 0 amide bonds. The minimum Gasteiger partial charge on any atom is -0.460 e. The maximum absolute atomic E-state index is 12.7. The standard InChI is InChI=1S/C23H28O4/c1-4-27-21(26)20(25)19-8-7-17-16-6-5-14-13-15(24)9-11-22(14,2)18(16)10-12-23(17,19)3/h8,10,13,16-17H,4-7,9,11-12H2,1-3H3/t16?,17?,22-,23-/m0/s1. The van der Waals surface area contributed by atoms with Crippen molar-refractivity contribution in [3.8, 4) is 0 Å². The fourth-order valence-electron chi connectivity index (χ4n) is 6.10. The number of ketones is 2. The Balaban J connectivity index is 1.66. The summed E-state index contributed by atoms with van der Waals surface area (Å²) in [6.07, 6.45) is 11.3. The van der Waals surface area contributed by atoms with Crippen molar-refractivity contribution in [1.82, 2.24) is 0 Å². The van der Waals surface area contributed by atoms with Crippen molar-refractivity contribution in [2.75, 3.05) is 6.61 Å². The van der Waals surface area contributed by atoms with Crippen LogP contribution in [0, 0.1) is 22.7 Å². The Morgan fingerprint density at radius 2 is 2.00 bits per heavy atom. The molecule has 0 bridgehead atoms. The summed E-state index contributed by atoms with van der Waals surface area (Å²) in [7, 11) is 0. The van der Waals surface area contributed by atoms with E-state index in [4.69, 9.17) is 4.74 Å². The number of hydrogen-bond acceptors (Lipinski definition) is 4. The minimum atomic E-state index is -0.730. The van der Waals surface area contributed by atoms with Crippen LogP contribution in [0.5, 0.6) is 0 Å². The molecule has 0 saturated heterocycles. The smallest absolute Gasteiger partial charge is 0.379 e. The second kappa shape index (κ2) is 6.29. The van der Waals surface area contributed by atoms with Gasteiger partial charge in [-0.3, -0.25) is 9.59 Å². The molecule has 1 saturated carbocycles. The molecule has 4 heteroatoms. The number of allylic oxidation sites excluding steroid dienone is 5. The van der Waals surface area contributed by atoms with Gasteiger partial charge in [-0.25, -0.2) is 4.79 Å². The van der Waals surface area contributed by atoms with E-state index in [9.17, 15) is 14.4 Å². The molecule has 4 rings (SSSR count). The van der Waals surface area contributed by atoms with Crippen molar-refractivity contribution in [3.05, 3.63) is 34.9 Å². The van der Waals surface area contributed by atoms with Gasteiger partial charge in [-0.15, -0.1) is 0 Å². The number of esters is 1. The fourth-order valence-corrected chi connectivity index (χ4v) is 6.10. The lowest BCUT2D eigenvalue weighted by atomic mass is 9.51. The minimum absolute atomic E-state index is 0.00788. The van der Waals surface area contributed by atoms with Crippen LogP contribution < -0.4 is 0 Å². The van der Waals surface area contributed by atoms with Crippen molar-refractivity contribution in [2.24, 2.45) is 22.7 Å². The van der Waals surface area contributed by atoms with Gasteiger partial charge in [0.25, 0.3) is 5.78 Å². The summed E-state index contributed by atoms with van der Waals surface area (Å²) in [6, 6.07) is 0. The van der Waals surface area contributed by atoms with Crippen LogP contribution in [-0.2, 0) is 19.1 Å². The van der Waals surface area contributed by atoms with Gasteiger partial charge in [-0.1, -0.05) is 37.1 Å². The average Bonchev–Trinajstić information content (AvgIpc) is 2.99. The summed E-state index contributed by atoms with van der Waals surface area (Å²) in [4.78, 5) is 36.6. The highest BCUT2D eigenvalue weighted by Crippen LogP contribution is 2.63. The third-order valence-electron chi connectivity index (χ3n) is 7.62. The van der Waals surface area contributed by atoms with Gasteiger partial charge in [0.2, 0.25) is 0 Å². The van der Waals surface area contributed by atoms with E-state index in [1.54, 1.807) is 6.92 Å². The second-order valence-electron chi connectivity index (χ2n) is 8.90. The zero-order valence-corrected chi connectivity index (χ0v) is 16.5. The summed E-state index contributed by atoms with van der Waals surface area (Å²) in [6.45, 7) is 6.37. The SMILES string of the molecule is CCOC(=O)C(=O)C1=CCC2C3CCC4=CC(=O)CC[C@]4(C)C3=CC[C@]12C. The number of rotatable bonds is 3. The third kappa shape index (κ3) is 2.60. The molecule has 4 atom stereocenters. The molecule has 0 radical (unpaired) electrons. The molecule has 0 aromatic rings. The molecule has 0 aromatic heterocycles. The average molecular weight is 368 g/mol. The predicted molar refractivity (Wildman–Crippen MR) is 102 cm³/mol. The number of Topliss-reactive ketones (excluding diaryl/α,β-unsaturated/α-hetero) is 1. The van der Waals surface area contributed by atoms with Crippen molar-refractivity contribution >= 4 is 17.5 Å². The Labute approximate surface area is 160 Å². The first-order valence-electron chi connectivity index (χ1n) is 10.2. The van der Waals surface area contributed by atoms with Crippen LogP contribution in [0.25, 0.3) is 0 Å². The largest absolute Gasteiger partial charge is 0.460 e. The van der Waals surface area contributed by atoms with Crippen molar-refractivity contribution < 1.29 is 19.1 Å². The molecule has 0 aromatic carbocycles. The molecule has 4 aliphatic rings. The van der Waals surface area contributed by atoms with E-state index < -0.39 is 11.8 Å². The molecular weight excluding hydrogens is 340 g/mol. The second-order valence-corrected chi connectivity index (χ2v) is 8.90. The van der Waals surface area contributed by atoms with Crippen LogP contribution in [0.15, 0.2) is 34.9 Å². The first-order valence-corrected chi connectivity index (χ1v) is 10.2. The zero-order valence-electron chi connectivity index (χ0n) is 16.5. The Morgan fingerprint density at radius 1 is 1.22 bits per heavy atom. The van der Waals surface area contributed by atoms with Gasteiger partial charge >= 0.3 is 5.97 Å². The Kier molecular flexibility index (Phi) is 4.28. The van der Waals surface area contributed by atoms with Crippen LogP contribution in [0.3, 0.4) is 0 Å². The topological polar surface area (TPSA) is 60.4 Å². The highest BCUT2D eigenvalue weighted by Gasteiger charge is 2.55. The normalized spacial score (nSPS) is 37.3. The lowest BCUT2D eigenvalue weighted by Crippen LogP contribution is -2.45. The van der Waals surface area contributed by atoms with Gasteiger partial charge in [0, 0.05) is 22.8 Å². The molecule has 0 spiro atoms. The monoisotopic (exact) mass is 368 g/mol. The molecule has 27 heavy (non-hydrogen) atoms. The van der Waals surface area contributed by atoms with Crippen LogP contribution in [-0.4, -0.2) is 24.1 Å². The van der Waals surface area contributed by atoms with E-state index in [0.717, 1.165) is 32.1 Å². The molecule has 0 heterocycles. The summed E-state index contributed by atoms with van der Waals surface area (Å²) >= 11 is 0. The molecule has 0 N–H and O–H groups in total. The highest BCUT2D eigenvalue weighted by atomic mass is 16.5. The lowest BCUT2D eigenvalue weighted by molar-refractivity contribution is -0.152. The highest BCUT2D eigenvalue weighted by molar-refractivity contribution is 6.40. The number of carbonyl (C=O) groups excluding carboxylic acids is 3. The first kappa shape index (κ1) is 18.4. The zero-order chi connectivity index (χ0) is 19.4. The third-order valence-corrected chi connectivity index (χ3v) is 7.62. The van der Waals surface area contributed by atoms with Gasteiger partial charge in [-0.05, 0) is 56.9 Å². The van der Waals surface area contributed by atoms with E-state index in [-0.39, 0.29) is 23.2 Å². The van der Waals surface area contributed by atoms with Crippen LogP contribution >= 0.6 is 0 Å². The molecule has 2 unspecified atom stereocenters. The Morgan fingerprint density at radius 3 is 2.74 bits per heavy atom. The van der Waals surface area contributed by atoms with Crippen molar-refractivity contribution in [2.45, 2.75) is 59.3 Å². The summed E-state index contributed by atoms with van der Waals surface area (Å²) in [5.74, 6) is -0.173. The maximum Gasteiger partial charge on any atom is 0.379 e. The number of hydrogen-bond donors (Lipinski definition) is 0. The summed E-state index contributed by atoms with van der Waals surface area (Å²) in [5.41, 5.74) is 3.10. The molecule has 144 valence electrons. The number of carbonyl (C=O) groups is 3. The van der Waals surface area contributed by atoms with Gasteiger partial charge in [0.1, 0.15) is 0 Å². The molecular formula is C23H28O4. The van der Waals surface area contributed by atoms with Crippen molar-refractivity contribution in [3.63, 3.8) is 0 Å². The van der Waals surface area contributed by atoms with Crippen LogP contribution in [0.2, 0.25) is 0 Å². The van der Waals surface area contributed by atoms with Gasteiger partial charge in [-0.2, -0.15) is 0 Å². The van der Waals surface area contributed by atoms with Crippen LogP contribution in [0.4, 0.5) is 0 Å². The van der Waals surface area contributed by atoms with Crippen molar-refractivity contribution in [1.29, 1.82) is 0 Å². The van der Waals surface area contributed by atoms with Gasteiger partial charge in [0.05, 0.1) is 6.61 Å². The maximum atomic E-state index is 12.7. The quantitative estimate of drug-likeness (QED) is 0.427. The summed E-state index contributed by atoms with van der Waals surface area (Å²) in [5, 5.41) is 0. The summed E-state index contributed by atoms with van der Waals surface area (Å²) < 4.78 is 4.96. The van der Waals surface area contributed by atoms with E-state index in [0.29, 0.717) is 23.8 Å². The van der Waals surface area contributed by atoms with Gasteiger partial charge < -0.3 is 4.74 Å². The molecule has 1 fully saturated rings. The van der Waals surface area contributed by atoms with E-state index in [1.807, 2.05) is 12.2 Å². The van der Waals surface area contributed by atoms with E-state index in [2.05, 4.69) is 19.9 Å². The molecule has 4 aliphatic carbocycles. The van der Waals surface area contributed by atoms with E-state index in [1.165, 1.54) is 11.1 Å². The lowest BCUT2D eigenvalue weighted by Gasteiger charge is -2.53.